The van der Waals surface area contributed by atoms with Crippen LogP contribution < -0.4 is 26.8 Å². The van der Waals surface area contributed by atoms with Crippen molar-refractivity contribution >= 4 is 23.8 Å². The molecule has 3 aromatic rings. The summed E-state index contributed by atoms with van der Waals surface area (Å²) in [5, 5.41) is 6.54. The summed E-state index contributed by atoms with van der Waals surface area (Å²) < 4.78 is 5.48. The van der Waals surface area contributed by atoms with Gasteiger partial charge < -0.3 is 31.7 Å². The Hall–Kier alpha value is -4.63. The first-order chi connectivity index (χ1) is 21.4. The van der Waals surface area contributed by atoms with Crippen molar-refractivity contribution in [2.45, 2.75) is 44.2 Å². The normalized spacial score (nSPS) is 17.0. The molecule has 0 radical (unpaired) electrons. The number of nitrogens with two attached hydrogens (primary N) is 2. The second kappa shape index (κ2) is 16.9. The molecule has 0 saturated carbocycles. The third kappa shape index (κ3) is 9.98. The highest BCUT2D eigenvalue weighted by atomic mass is 16.5. The number of hydrogen-bond acceptors (Lipinski definition) is 5. The first kappa shape index (κ1) is 32.3. The van der Waals surface area contributed by atoms with E-state index < -0.39 is 6.04 Å². The Morgan fingerprint density at radius 3 is 2.32 bits per heavy atom. The predicted octanol–water partition coefficient (Wildman–Crippen LogP) is 3.66. The van der Waals surface area contributed by atoms with Gasteiger partial charge in [0.2, 0.25) is 11.8 Å². The standard InChI is InChI=1S/C35H44N6O3/c1-2-44-30-18-15-26(16-19-30)17-20-33(42)39-24-29-21-23-41(34(43)32(40-29)14-9-22-38-35(36)37)25-31(27-10-5-3-6-11-27)28-12-7-4-8-13-28/h3-8,10-13,15-20,29,31-32,40H,2,9,14,21-25H2,1H3,(H,39,42)(H4,36,37,38)/b20-17+/t29-,32-/m0/s1. The van der Waals surface area contributed by atoms with Gasteiger partial charge in [0.15, 0.2) is 5.96 Å². The van der Waals surface area contributed by atoms with Gasteiger partial charge in [0.1, 0.15) is 5.75 Å². The zero-order valence-electron chi connectivity index (χ0n) is 25.4. The molecule has 0 aliphatic carbocycles. The average Bonchev–Trinajstić information content (AvgIpc) is 3.19. The van der Waals surface area contributed by atoms with E-state index in [0.717, 1.165) is 22.4 Å². The van der Waals surface area contributed by atoms with Crippen molar-refractivity contribution in [1.82, 2.24) is 15.5 Å². The minimum absolute atomic E-state index is 0.0348. The molecule has 0 bridgehead atoms. The van der Waals surface area contributed by atoms with E-state index in [4.69, 9.17) is 16.2 Å². The van der Waals surface area contributed by atoms with Gasteiger partial charge in [-0.25, -0.2) is 0 Å². The Kier molecular flexibility index (Phi) is 12.4. The fourth-order valence-electron chi connectivity index (χ4n) is 5.42. The Morgan fingerprint density at radius 1 is 1.05 bits per heavy atom. The minimum atomic E-state index is -0.416. The van der Waals surface area contributed by atoms with Crippen molar-refractivity contribution in [2.75, 3.05) is 32.8 Å². The lowest BCUT2D eigenvalue weighted by Crippen LogP contribution is -2.49. The number of aliphatic imine (C=N–C) groups is 1. The molecule has 9 heteroatoms. The monoisotopic (exact) mass is 596 g/mol. The van der Waals surface area contributed by atoms with Crippen LogP contribution in [-0.2, 0) is 9.59 Å². The number of benzene rings is 3. The number of nitrogens with zero attached hydrogens (tertiary/aromatic N) is 2. The molecule has 3 aromatic carbocycles. The van der Waals surface area contributed by atoms with Crippen LogP contribution in [0.5, 0.6) is 5.75 Å². The second-order valence-electron chi connectivity index (χ2n) is 10.9. The van der Waals surface area contributed by atoms with E-state index in [-0.39, 0.29) is 29.7 Å². The number of carbonyl (C=O) groups is 2. The summed E-state index contributed by atoms with van der Waals surface area (Å²) >= 11 is 0. The maximum absolute atomic E-state index is 14.0. The summed E-state index contributed by atoms with van der Waals surface area (Å²) in [6.07, 6.45) is 5.24. The molecule has 44 heavy (non-hydrogen) atoms. The molecule has 0 aromatic heterocycles. The number of carbonyl (C=O) groups excluding carboxylic acids is 2. The zero-order valence-corrected chi connectivity index (χ0v) is 25.4. The number of hydrogen-bond donors (Lipinski definition) is 4. The SMILES string of the molecule is CCOc1ccc(/C=C/C(=O)NC[C@@H]2CCN(CC(c3ccccc3)c3ccccc3)C(=O)[C@H](CCCN=C(N)N)N2)cc1. The first-order valence-electron chi connectivity index (χ1n) is 15.3. The van der Waals surface area contributed by atoms with Crippen LogP contribution in [0.15, 0.2) is 96.0 Å². The van der Waals surface area contributed by atoms with Crippen molar-refractivity contribution in [2.24, 2.45) is 16.5 Å². The first-order valence-corrected chi connectivity index (χ1v) is 15.3. The van der Waals surface area contributed by atoms with E-state index in [1.54, 1.807) is 6.08 Å². The van der Waals surface area contributed by atoms with Crippen LogP contribution >= 0.6 is 0 Å². The average molecular weight is 597 g/mol. The summed E-state index contributed by atoms with van der Waals surface area (Å²) in [4.78, 5) is 32.7. The smallest absolute Gasteiger partial charge is 0.244 e. The molecule has 1 aliphatic rings. The highest BCUT2D eigenvalue weighted by Crippen LogP contribution is 2.27. The highest BCUT2D eigenvalue weighted by molar-refractivity contribution is 5.91. The quantitative estimate of drug-likeness (QED) is 0.0971. The molecule has 6 N–H and O–H groups in total. The molecular weight excluding hydrogens is 552 g/mol. The largest absolute Gasteiger partial charge is 0.494 e. The summed E-state index contributed by atoms with van der Waals surface area (Å²) in [5.41, 5.74) is 14.2. The van der Waals surface area contributed by atoms with E-state index in [1.165, 1.54) is 6.08 Å². The molecule has 1 aliphatic heterocycles. The Bertz CT molecular complexity index is 1340. The number of amides is 2. The third-order valence-corrected chi connectivity index (χ3v) is 7.69. The molecular formula is C35H44N6O3. The van der Waals surface area contributed by atoms with Crippen molar-refractivity contribution < 1.29 is 14.3 Å². The minimum Gasteiger partial charge on any atom is -0.494 e. The molecule has 4 rings (SSSR count). The zero-order chi connectivity index (χ0) is 31.1. The van der Waals surface area contributed by atoms with Crippen LogP contribution in [0.3, 0.4) is 0 Å². The molecule has 2 amide bonds. The molecule has 0 unspecified atom stereocenters. The van der Waals surface area contributed by atoms with E-state index in [0.29, 0.717) is 52.0 Å². The van der Waals surface area contributed by atoms with Crippen LogP contribution in [0.2, 0.25) is 0 Å². The maximum Gasteiger partial charge on any atom is 0.244 e. The molecule has 232 valence electrons. The lowest BCUT2D eigenvalue weighted by atomic mass is 9.90. The molecule has 1 heterocycles. The summed E-state index contributed by atoms with van der Waals surface area (Å²) in [6.45, 7) is 4.53. The van der Waals surface area contributed by atoms with Crippen molar-refractivity contribution in [1.29, 1.82) is 0 Å². The van der Waals surface area contributed by atoms with Gasteiger partial charge >= 0.3 is 0 Å². The van der Waals surface area contributed by atoms with Crippen LogP contribution in [0.4, 0.5) is 0 Å². The molecule has 1 saturated heterocycles. The van der Waals surface area contributed by atoms with E-state index in [1.807, 2.05) is 72.5 Å². The van der Waals surface area contributed by atoms with Gasteiger partial charge in [-0.2, -0.15) is 0 Å². The van der Waals surface area contributed by atoms with Gasteiger partial charge in [0, 0.05) is 44.2 Å². The summed E-state index contributed by atoms with van der Waals surface area (Å²) in [6, 6.07) is 27.7. The highest BCUT2D eigenvalue weighted by Gasteiger charge is 2.32. The lowest BCUT2D eigenvalue weighted by molar-refractivity contribution is -0.133. The van der Waals surface area contributed by atoms with Crippen molar-refractivity contribution in [3.63, 3.8) is 0 Å². The van der Waals surface area contributed by atoms with Crippen LogP contribution in [0.1, 0.15) is 48.8 Å². The number of nitrogens with one attached hydrogen (secondary N) is 2. The fourth-order valence-corrected chi connectivity index (χ4v) is 5.42. The van der Waals surface area contributed by atoms with Gasteiger partial charge in [-0.05, 0) is 61.1 Å². The second-order valence-corrected chi connectivity index (χ2v) is 10.9. The fraction of sp³-hybridized carbons (Fsp3) is 0.343. The lowest BCUT2D eigenvalue weighted by Gasteiger charge is -2.29. The number of guanidine groups is 1. The van der Waals surface area contributed by atoms with Crippen molar-refractivity contribution in [3.8, 4) is 5.75 Å². The summed E-state index contributed by atoms with van der Waals surface area (Å²) in [5.74, 6) is 0.733. The van der Waals surface area contributed by atoms with Gasteiger partial charge in [0.25, 0.3) is 0 Å². The molecule has 1 fully saturated rings. The van der Waals surface area contributed by atoms with E-state index in [2.05, 4.69) is 39.9 Å². The molecule has 2 atom stereocenters. The maximum atomic E-state index is 14.0. The van der Waals surface area contributed by atoms with Gasteiger partial charge in [-0.15, -0.1) is 0 Å². The Morgan fingerprint density at radius 2 is 1.70 bits per heavy atom. The Labute approximate surface area is 260 Å². The summed E-state index contributed by atoms with van der Waals surface area (Å²) in [7, 11) is 0. The van der Waals surface area contributed by atoms with E-state index >= 15 is 0 Å². The van der Waals surface area contributed by atoms with Gasteiger partial charge in [0.05, 0.1) is 12.6 Å². The van der Waals surface area contributed by atoms with Gasteiger partial charge in [-0.1, -0.05) is 72.8 Å². The van der Waals surface area contributed by atoms with Gasteiger partial charge in [-0.3, -0.25) is 14.6 Å². The van der Waals surface area contributed by atoms with Crippen LogP contribution in [-0.4, -0.2) is 67.5 Å². The number of rotatable bonds is 14. The predicted molar refractivity (Wildman–Crippen MR) is 176 cm³/mol. The Balaban J connectivity index is 1.44. The third-order valence-electron chi connectivity index (χ3n) is 7.69. The van der Waals surface area contributed by atoms with Crippen molar-refractivity contribution in [3.05, 3.63) is 108 Å². The van der Waals surface area contributed by atoms with Crippen LogP contribution in [0.25, 0.3) is 6.08 Å². The molecule has 0 spiro atoms. The molecule has 9 nitrogen and oxygen atoms in total. The van der Waals surface area contributed by atoms with E-state index in [9.17, 15) is 9.59 Å². The van der Waals surface area contributed by atoms with Crippen LogP contribution in [0, 0.1) is 0 Å². The number of ether oxygens (including phenoxy) is 1. The topological polar surface area (TPSA) is 135 Å².